The van der Waals surface area contributed by atoms with Crippen LogP contribution in [-0.4, -0.2) is 18.9 Å². The van der Waals surface area contributed by atoms with Crippen LogP contribution in [0.5, 0.6) is 5.75 Å². The van der Waals surface area contributed by atoms with E-state index in [9.17, 15) is 9.59 Å². The van der Waals surface area contributed by atoms with Crippen molar-refractivity contribution < 1.29 is 14.3 Å². The Hall–Kier alpha value is -2.44. The first kappa shape index (κ1) is 22.6. The zero-order valence-corrected chi connectivity index (χ0v) is 16.9. The van der Waals surface area contributed by atoms with Crippen LogP contribution in [0.2, 0.25) is 5.02 Å². The highest BCUT2D eigenvalue weighted by Crippen LogP contribution is 2.28. The molecule has 0 aliphatic heterocycles. The molecular weight excluding hydrogens is 389 g/mol. The molecule has 0 unspecified atom stereocenters. The molecule has 0 aliphatic rings. The van der Waals surface area contributed by atoms with E-state index in [0.717, 1.165) is 5.56 Å². The number of rotatable bonds is 6. The van der Waals surface area contributed by atoms with Gasteiger partial charge in [-0.15, -0.1) is 12.4 Å². The van der Waals surface area contributed by atoms with Crippen LogP contribution in [0.1, 0.15) is 29.8 Å². The average Bonchev–Trinajstić information content (AvgIpc) is 2.62. The van der Waals surface area contributed by atoms with Gasteiger partial charge in [-0.3, -0.25) is 9.59 Å². The molecule has 6 nitrogen and oxygen atoms in total. The van der Waals surface area contributed by atoms with Gasteiger partial charge >= 0.3 is 0 Å². The number of amides is 2. The molecular formula is C19H23Cl2N3O3. The maximum atomic E-state index is 12.4. The Kier molecular flexibility index (Phi) is 8.40. The van der Waals surface area contributed by atoms with Gasteiger partial charge in [0.05, 0.1) is 23.4 Å². The minimum Gasteiger partial charge on any atom is -0.496 e. The molecule has 0 atom stereocenters. The van der Waals surface area contributed by atoms with Gasteiger partial charge < -0.3 is 21.1 Å². The standard InChI is InChI=1S/C19H22ClN3O3.ClH/c1-11(2)18(24)23-13-6-4-12(5-7-13)10-22-19(25)14-8-15(20)16(21)9-17(14)26-3;/h4-9,11H,10,21H2,1-3H3,(H,22,25)(H,23,24);1H. The molecule has 0 aliphatic carbocycles. The number of nitrogens with two attached hydrogens (primary N) is 1. The third-order valence-electron chi connectivity index (χ3n) is 3.76. The van der Waals surface area contributed by atoms with Gasteiger partial charge in [-0.2, -0.15) is 0 Å². The van der Waals surface area contributed by atoms with Crippen LogP contribution in [0.3, 0.4) is 0 Å². The minimum atomic E-state index is -0.319. The van der Waals surface area contributed by atoms with Gasteiger partial charge in [0.2, 0.25) is 5.91 Å². The number of benzene rings is 2. The Morgan fingerprint density at radius 3 is 2.37 bits per heavy atom. The second kappa shape index (κ2) is 10.0. The molecule has 2 aromatic carbocycles. The second-order valence-electron chi connectivity index (χ2n) is 6.10. The largest absolute Gasteiger partial charge is 0.496 e. The number of hydrogen-bond donors (Lipinski definition) is 3. The van der Waals surface area contributed by atoms with Crippen molar-refractivity contribution in [2.45, 2.75) is 20.4 Å². The lowest BCUT2D eigenvalue weighted by atomic mass is 10.1. The van der Waals surface area contributed by atoms with Crippen LogP contribution in [0.4, 0.5) is 11.4 Å². The fourth-order valence-corrected chi connectivity index (χ4v) is 2.35. The Labute approximate surface area is 169 Å². The number of anilines is 2. The smallest absolute Gasteiger partial charge is 0.255 e. The van der Waals surface area contributed by atoms with E-state index in [0.29, 0.717) is 34.3 Å². The number of hydrogen-bond acceptors (Lipinski definition) is 4. The number of nitrogens with one attached hydrogen (secondary N) is 2. The summed E-state index contributed by atoms with van der Waals surface area (Å²) in [5.74, 6) is -0.0915. The summed E-state index contributed by atoms with van der Waals surface area (Å²) in [5, 5.41) is 5.92. The number of methoxy groups -OCH3 is 1. The summed E-state index contributed by atoms with van der Waals surface area (Å²) in [5.41, 5.74) is 7.99. The number of carbonyl (C=O) groups is 2. The Morgan fingerprint density at radius 2 is 1.81 bits per heavy atom. The number of ether oxygens (including phenoxy) is 1. The topological polar surface area (TPSA) is 93.4 Å². The maximum Gasteiger partial charge on any atom is 0.255 e. The normalized spacial score (nSPS) is 10.1. The van der Waals surface area contributed by atoms with E-state index >= 15 is 0 Å². The van der Waals surface area contributed by atoms with E-state index in [4.69, 9.17) is 22.1 Å². The van der Waals surface area contributed by atoms with E-state index in [2.05, 4.69) is 10.6 Å². The Balaban J connectivity index is 0.00000364. The van der Waals surface area contributed by atoms with Gasteiger partial charge in [0, 0.05) is 24.2 Å². The van der Waals surface area contributed by atoms with Crippen LogP contribution >= 0.6 is 24.0 Å². The van der Waals surface area contributed by atoms with Crippen molar-refractivity contribution in [2.75, 3.05) is 18.2 Å². The van der Waals surface area contributed by atoms with E-state index in [-0.39, 0.29) is 30.1 Å². The quantitative estimate of drug-likeness (QED) is 0.628. The first-order valence-electron chi connectivity index (χ1n) is 8.12. The van der Waals surface area contributed by atoms with Crippen LogP contribution in [0, 0.1) is 5.92 Å². The molecule has 2 amide bonds. The predicted octanol–water partition coefficient (Wildman–Crippen LogP) is 3.88. The van der Waals surface area contributed by atoms with E-state index < -0.39 is 0 Å². The number of carbonyl (C=O) groups excluding carboxylic acids is 2. The van der Waals surface area contributed by atoms with Crippen molar-refractivity contribution in [2.24, 2.45) is 5.92 Å². The summed E-state index contributed by atoms with van der Waals surface area (Å²) in [6.07, 6.45) is 0. The van der Waals surface area contributed by atoms with Crippen LogP contribution < -0.4 is 21.1 Å². The molecule has 0 radical (unpaired) electrons. The van der Waals surface area contributed by atoms with E-state index in [1.807, 2.05) is 26.0 Å². The lowest BCUT2D eigenvalue weighted by Gasteiger charge is -2.12. The summed E-state index contributed by atoms with van der Waals surface area (Å²) in [6, 6.07) is 10.3. The molecule has 0 saturated heterocycles. The molecule has 8 heteroatoms. The van der Waals surface area contributed by atoms with Crippen molar-refractivity contribution in [3.05, 3.63) is 52.5 Å². The van der Waals surface area contributed by atoms with E-state index in [1.165, 1.54) is 19.2 Å². The predicted molar refractivity (Wildman–Crippen MR) is 111 cm³/mol. The monoisotopic (exact) mass is 411 g/mol. The van der Waals surface area contributed by atoms with Crippen molar-refractivity contribution in [3.8, 4) is 5.75 Å². The zero-order chi connectivity index (χ0) is 19.3. The second-order valence-corrected chi connectivity index (χ2v) is 6.50. The van der Waals surface area contributed by atoms with Crippen molar-refractivity contribution in [1.29, 1.82) is 0 Å². The SMILES string of the molecule is COc1cc(N)c(Cl)cc1C(=O)NCc1ccc(NC(=O)C(C)C)cc1.Cl. The summed E-state index contributed by atoms with van der Waals surface area (Å²) in [7, 11) is 1.46. The van der Waals surface area contributed by atoms with Crippen molar-refractivity contribution in [3.63, 3.8) is 0 Å². The fraction of sp³-hybridized carbons (Fsp3) is 0.263. The van der Waals surface area contributed by atoms with Gasteiger partial charge in [-0.25, -0.2) is 0 Å². The van der Waals surface area contributed by atoms with Gasteiger partial charge in [0.25, 0.3) is 5.91 Å². The van der Waals surface area contributed by atoms with Gasteiger partial charge in [0.15, 0.2) is 0 Å². The Bertz CT molecular complexity index is 809. The van der Waals surface area contributed by atoms with Gasteiger partial charge in [-0.1, -0.05) is 37.6 Å². The fourth-order valence-electron chi connectivity index (χ4n) is 2.19. The summed E-state index contributed by atoms with van der Waals surface area (Å²) in [6.45, 7) is 3.98. The highest BCUT2D eigenvalue weighted by Gasteiger charge is 2.15. The highest BCUT2D eigenvalue weighted by molar-refractivity contribution is 6.33. The first-order chi connectivity index (χ1) is 12.3. The molecule has 2 aromatic rings. The lowest BCUT2D eigenvalue weighted by molar-refractivity contribution is -0.118. The number of halogens is 2. The van der Waals surface area contributed by atoms with Gasteiger partial charge in [-0.05, 0) is 23.8 Å². The summed E-state index contributed by atoms with van der Waals surface area (Å²) in [4.78, 5) is 24.1. The van der Waals surface area contributed by atoms with Crippen molar-refractivity contribution >= 4 is 47.2 Å². The van der Waals surface area contributed by atoms with Crippen molar-refractivity contribution in [1.82, 2.24) is 5.32 Å². The van der Waals surface area contributed by atoms with Gasteiger partial charge in [0.1, 0.15) is 5.75 Å². The molecule has 0 aromatic heterocycles. The third-order valence-corrected chi connectivity index (χ3v) is 4.09. The molecule has 0 fully saturated rings. The molecule has 0 bridgehead atoms. The maximum absolute atomic E-state index is 12.4. The van der Waals surface area contributed by atoms with E-state index in [1.54, 1.807) is 12.1 Å². The molecule has 4 N–H and O–H groups in total. The molecule has 146 valence electrons. The summed E-state index contributed by atoms with van der Waals surface area (Å²) >= 11 is 5.99. The van der Waals surface area contributed by atoms with Crippen LogP contribution in [-0.2, 0) is 11.3 Å². The summed E-state index contributed by atoms with van der Waals surface area (Å²) < 4.78 is 5.19. The van der Waals surface area contributed by atoms with Crippen LogP contribution in [0.25, 0.3) is 0 Å². The van der Waals surface area contributed by atoms with Crippen LogP contribution in [0.15, 0.2) is 36.4 Å². The molecule has 27 heavy (non-hydrogen) atoms. The highest BCUT2D eigenvalue weighted by atomic mass is 35.5. The zero-order valence-electron chi connectivity index (χ0n) is 15.3. The molecule has 2 rings (SSSR count). The first-order valence-corrected chi connectivity index (χ1v) is 8.50. The lowest BCUT2D eigenvalue weighted by Crippen LogP contribution is -2.23. The molecule has 0 saturated carbocycles. The third kappa shape index (κ3) is 6.05. The Morgan fingerprint density at radius 1 is 1.19 bits per heavy atom. The minimum absolute atomic E-state index is 0. The molecule has 0 spiro atoms. The number of nitrogen functional groups attached to an aromatic ring is 1. The molecule has 0 heterocycles. The average molecular weight is 412 g/mol.